The molecular weight excluding hydrogens is 344 g/mol. The van der Waals surface area contributed by atoms with Crippen molar-refractivity contribution in [1.82, 2.24) is 4.98 Å². The summed E-state index contributed by atoms with van der Waals surface area (Å²) >= 11 is 9.67. The third-order valence-electron chi connectivity index (χ3n) is 3.60. The monoisotopic (exact) mass is 354 g/mol. The van der Waals surface area contributed by atoms with E-state index in [1.165, 1.54) is 0 Å². The number of benzene rings is 1. The maximum atomic E-state index is 11.0. The van der Waals surface area contributed by atoms with Crippen LogP contribution < -0.4 is 4.90 Å². The Kier molecular flexibility index (Phi) is 3.56. The van der Waals surface area contributed by atoms with Crippen molar-refractivity contribution in [3.63, 3.8) is 0 Å². The fourth-order valence-corrected chi connectivity index (χ4v) is 3.14. The molecule has 20 heavy (non-hydrogen) atoms. The van der Waals surface area contributed by atoms with Gasteiger partial charge in [0.25, 0.3) is 0 Å². The number of hydrogen-bond donors (Lipinski definition) is 1. The van der Waals surface area contributed by atoms with Gasteiger partial charge in [0.2, 0.25) is 0 Å². The molecule has 0 bridgehead atoms. The molecule has 0 amide bonds. The molecular formula is C14H12BrClN2O2. The Morgan fingerprint density at radius 2 is 2.20 bits per heavy atom. The van der Waals surface area contributed by atoms with Gasteiger partial charge < -0.3 is 10.0 Å². The predicted molar refractivity (Wildman–Crippen MR) is 82.4 cm³/mol. The molecule has 1 aliphatic heterocycles. The van der Waals surface area contributed by atoms with Gasteiger partial charge in [-0.1, -0.05) is 27.5 Å². The summed E-state index contributed by atoms with van der Waals surface area (Å²) in [5, 5.41) is 10.6. The third-order valence-corrected chi connectivity index (χ3v) is 4.60. The predicted octanol–water partition coefficient (Wildman–Crippen LogP) is 3.56. The van der Waals surface area contributed by atoms with E-state index in [0.29, 0.717) is 24.5 Å². The second-order valence-electron chi connectivity index (χ2n) is 4.86. The first-order valence-electron chi connectivity index (χ1n) is 6.29. The number of pyridine rings is 1. The highest BCUT2D eigenvalue weighted by Crippen LogP contribution is 2.31. The van der Waals surface area contributed by atoms with Crippen molar-refractivity contribution in [2.45, 2.75) is 6.42 Å². The molecule has 1 fully saturated rings. The van der Waals surface area contributed by atoms with E-state index in [2.05, 4.69) is 20.9 Å². The van der Waals surface area contributed by atoms with Gasteiger partial charge in [0.05, 0.1) is 16.5 Å². The molecule has 0 spiro atoms. The first-order valence-corrected chi connectivity index (χ1v) is 7.46. The molecule has 0 radical (unpaired) electrons. The standard InChI is InChI=1S/C14H12BrClN2O2/c15-10-2-3-11(16)13-9(10)1-4-12(17-13)18-6-5-8(7-18)14(19)20/h1-4,8H,5-7H2,(H,19,20). The fourth-order valence-electron chi connectivity index (χ4n) is 2.48. The zero-order valence-electron chi connectivity index (χ0n) is 10.5. The Morgan fingerprint density at radius 1 is 1.40 bits per heavy atom. The molecule has 1 aliphatic rings. The number of hydrogen-bond acceptors (Lipinski definition) is 3. The van der Waals surface area contributed by atoms with Gasteiger partial charge in [-0.15, -0.1) is 0 Å². The number of halogens is 2. The molecule has 104 valence electrons. The minimum Gasteiger partial charge on any atom is -0.481 e. The van der Waals surface area contributed by atoms with Crippen molar-refractivity contribution in [3.8, 4) is 0 Å². The topological polar surface area (TPSA) is 53.4 Å². The van der Waals surface area contributed by atoms with Crippen molar-refractivity contribution >= 4 is 50.2 Å². The molecule has 2 aromatic rings. The number of carbonyl (C=O) groups is 1. The summed E-state index contributed by atoms with van der Waals surface area (Å²) in [5.41, 5.74) is 0.734. The second kappa shape index (κ2) is 5.22. The quantitative estimate of drug-likeness (QED) is 0.895. The molecule has 4 nitrogen and oxygen atoms in total. The molecule has 2 heterocycles. The largest absolute Gasteiger partial charge is 0.481 e. The molecule has 1 aromatic heterocycles. The molecule has 1 N–H and O–H groups in total. The summed E-state index contributed by atoms with van der Waals surface area (Å²) in [6.45, 7) is 1.21. The summed E-state index contributed by atoms with van der Waals surface area (Å²) in [6, 6.07) is 7.56. The average Bonchev–Trinajstić information content (AvgIpc) is 2.93. The van der Waals surface area contributed by atoms with E-state index in [9.17, 15) is 4.79 Å². The highest BCUT2D eigenvalue weighted by atomic mass is 79.9. The van der Waals surface area contributed by atoms with Crippen LogP contribution in [0.2, 0.25) is 5.02 Å². The zero-order valence-corrected chi connectivity index (χ0v) is 12.9. The van der Waals surface area contributed by atoms with Crippen LogP contribution in [0, 0.1) is 5.92 Å². The van der Waals surface area contributed by atoms with Gasteiger partial charge in [-0.2, -0.15) is 0 Å². The van der Waals surface area contributed by atoms with Gasteiger partial charge in [0, 0.05) is 22.9 Å². The van der Waals surface area contributed by atoms with Crippen LogP contribution in [0.25, 0.3) is 10.9 Å². The van der Waals surface area contributed by atoms with Crippen LogP contribution in [0.15, 0.2) is 28.7 Å². The minimum absolute atomic E-state index is 0.314. The van der Waals surface area contributed by atoms with Crippen LogP contribution in [0.3, 0.4) is 0 Å². The van der Waals surface area contributed by atoms with E-state index >= 15 is 0 Å². The average molecular weight is 356 g/mol. The SMILES string of the molecule is O=C(O)C1CCN(c2ccc3c(Br)ccc(Cl)c3n2)C1. The Labute approximate surface area is 129 Å². The van der Waals surface area contributed by atoms with Crippen molar-refractivity contribution < 1.29 is 9.90 Å². The smallest absolute Gasteiger partial charge is 0.308 e. The molecule has 0 aliphatic carbocycles. The number of nitrogens with zero attached hydrogens (tertiary/aromatic N) is 2. The number of aromatic nitrogens is 1. The summed E-state index contributed by atoms with van der Waals surface area (Å²) in [7, 11) is 0. The molecule has 0 saturated carbocycles. The lowest BCUT2D eigenvalue weighted by Crippen LogP contribution is -2.23. The van der Waals surface area contributed by atoms with E-state index in [1.54, 1.807) is 6.07 Å². The van der Waals surface area contributed by atoms with Crippen LogP contribution in [0.5, 0.6) is 0 Å². The lowest BCUT2D eigenvalue weighted by molar-refractivity contribution is -0.140. The summed E-state index contributed by atoms with van der Waals surface area (Å²) in [5.74, 6) is -0.277. The van der Waals surface area contributed by atoms with Crippen molar-refractivity contribution in [3.05, 3.63) is 33.8 Å². The van der Waals surface area contributed by atoms with E-state index in [-0.39, 0.29) is 5.92 Å². The zero-order chi connectivity index (χ0) is 14.3. The summed E-state index contributed by atoms with van der Waals surface area (Å²) < 4.78 is 0.945. The maximum absolute atomic E-state index is 11.0. The Hall–Kier alpha value is -1.33. The Morgan fingerprint density at radius 3 is 2.90 bits per heavy atom. The van der Waals surface area contributed by atoms with Crippen LogP contribution >= 0.6 is 27.5 Å². The van der Waals surface area contributed by atoms with Crippen LogP contribution in [0.1, 0.15) is 6.42 Å². The molecule has 1 aromatic carbocycles. The van der Waals surface area contributed by atoms with E-state index in [1.807, 2.05) is 23.1 Å². The Bertz CT molecular complexity index is 692. The third kappa shape index (κ3) is 2.36. The van der Waals surface area contributed by atoms with Gasteiger partial charge in [0.15, 0.2) is 0 Å². The molecule has 1 unspecified atom stereocenters. The van der Waals surface area contributed by atoms with Crippen LogP contribution in [-0.2, 0) is 4.79 Å². The van der Waals surface area contributed by atoms with Crippen molar-refractivity contribution in [2.75, 3.05) is 18.0 Å². The number of carboxylic acids is 1. The highest BCUT2D eigenvalue weighted by Gasteiger charge is 2.28. The Balaban J connectivity index is 1.98. The number of rotatable bonds is 2. The number of carboxylic acid groups (broad SMARTS) is 1. The normalized spacial score (nSPS) is 18.7. The van der Waals surface area contributed by atoms with Gasteiger partial charge in [-0.3, -0.25) is 4.79 Å². The van der Waals surface area contributed by atoms with Gasteiger partial charge >= 0.3 is 5.97 Å². The van der Waals surface area contributed by atoms with Gasteiger partial charge in [-0.25, -0.2) is 4.98 Å². The van der Waals surface area contributed by atoms with Crippen LogP contribution in [-0.4, -0.2) is 29.1 Å². The van der Waals surface area contributed by atoms with Gasteiger partial charge in [0.1, 0.15) is 5.82 Å². The molecule has 1 atom stereocenters. The fraction of sp³-hybridized carbons (Fsp3) is 0.286. The highest BCUT2D eigenvalue weighted by molar-refractivity contribution is 9.10. The number of aliphatic carboxylic acids is 1. The first kappa shape index (κ1) is 13.6. The minimum atomic E-state index is -0.742. The maximum Gasteiger partial charge on any atom is 0.308 e. The van der Waals surface area contributed by atoms with Crippen molar-refractivity contribution in [1.29, 1.82) is 0 Å². The van der Waals surface area contributed by atoms with E-state index < -0.39 is 5.97 Å². The first-order chi connectivity index (χ1) is 9.56. The molecule has 6 heteroatoms. The van der Waals surface area contributed by atoms with Crippen LogP contribution in [0.4, 0.5) is 5.82 Å². The van der Waals surface area contributed by atoms with E-state index in [4.69, 9.17) is 16.7 Å². The number of anilines is 1. The lowest BCUT2D eigenvalue weighted by atomic mass is 10.1. The second-order valence-corrected chi connectivity index (χ2v) is 6.13. The molecule has 3 rings (SSSR count). The summed E-state index contributed by atoms with van der Waals surface area (Å²) in [6.07, 6.45) is 0.654. The molecule has 1 saturated heterocycles. The van der Waals surface area contributed by atoms with Gasteiger partial charge in [-0.05, 0) is 30.7 Å². The lowest BCUT2D eigenvalue weighted by Gasteiger charge is -2.17. The number of fused-ring (bicyclic) bond motifs is 1. The van der Waals surface area contributed by atoms with Crippen molar-refractivity contribution in [2.24, 2.45) is 5.92 Å². The summed E-state index contributed by atoms with van der Waals surface area (Å²) in [4.78, 5) is 17.6. The van der Waals surface area contributed by atoms with E-state index in [0.717, 1.165) is 21.2 Å².